The summed E-state index contributed by atoms with van der Waals surface area (Å²) >= 11 is 5.89. The average molecular weight is 348 g/mol. The number of aromatic nitrogens is 6. The van der Waals surface area contributed by atoms with Crippen LogP contribution >= 0.6 is 11.6 Å². The summed E-state index contributed by atoms with van der Waals surface area (Å²) in [5.41, 5.74) is 0.828. The van der Waals surface area contributed by atoms with E-state index in [0.717, 1.165) is 11.4 Å². The van der Waals surface area contributed by atoms with Gasteiger partial charge in [-0.2, -0.15) is 4.98 Å². The third-order valence-corrected chi connectivity index (χ3v) is 3.79. The molecule has 0 saturated heterocycles. The molecule has 0 aliphatic rings. The second-order valence-electron chi connectivity index (χ2n) is 5.70. The molecule has 0 aliphatic carbocycles. The number of nitrogens with zero attached hydrogens (tertiary/aromatic N) is 6. The zero-order valence-electron chi connectivity index (χ0n) is 13.6. The quantitative estimate of drug-likeness (QED) is 0.732. The SMILES string of the molecule is CC(C)n1nnnc1CN[C@H](C)c1noc(-c2ccc(Cl)cc2)n1. The third-order valence-electron chi connectivity index (χ3n) is 3.54. The summed E-state index contributed by atoms with van der Waals surface area (Å²) in [6.45, 7) is 6.53. The first-order valence-corrected chi connectivity index (χ1v) is 8.02. The van der Waals surface area contributed by atoms with E-state index in [2.05, 4.69) is 31.0 Å². The van der Waals surface area contributed by atoms with Crippen LogP contribution in [0.3, 0.4) is 0 Å². The number of halogens is 1. The first-order chi connectivity index (χ1) is 11.5. The number of hydrogen-bond donors (Lipinski definition) is 1. The Hall–Kier alpha value is -2.32. The van der Waals surface area contributed by atoms with Crippen LogP contribution in [0.5, 0.6) is 0 Å². The maximum atomic E-state index is 5.89. The predicted octanol–water partition coefficient (Wildman–Crippen LogP) is 2.81. The standard InChI is InChI=1S/C15H18ClN7O/c1-9(2)23-13(19-21-22-23)8-17-10(3)14-18-15(24-20-14)11-4-6-12(16)7-5-11/h4-7,9-10,17H,8H2,1-3H3/t10-/m1/s1. The number of hydrogen-bond acceptors (Lipinski definition) is 7. The maximum Gasteiger partial charge on any atom is 0.257 e. The lowest BCUT2D eigenvalue weighted by molar-refractivity contribution is 0.405. The number of rotatable bonds is 6. The van der Waals surface area contributed by atoms with E-state index < -0.39 is 0 Å². The minimum atomic E-state index is -0.105. The van der Waals surface area contributed by atoms with Gasteiger partial charge in [0.25, 0.3) is 5.89 Å². The molecule has 0 bridgehead atoms. The van der Waals surface area contributed by atoms with E-state index in [1.54, 1.807) is 16.8 Å². The van der Waals surface area contributed by atoms with Gasteiger partial charge in [0.2, 0.25) is 0 Å². The van der Waals surface area contributed by atoms with Gasteiger partial charge in [0, 0.05) is 10.6 Å². The molecule has 0 fully saturated rings. The van der Waals surface area contributed by atoms with Gasteiger partial charge in [-0.25, -0.2) is 4.68 Å². The molecule has 0 amide bonds. The molecule has 0 radical (unpaired) electrons. The third kappa shape index (κ3) is 3.60. The average Bonchev–Trinajstić information content (AvgIpc) is 3.22. The van der Waals surface area contributed by atoms with Crippen molar-refractivity contribution in [2.24, 2.45) is 0 Å². The van der Waals surface area contributed by atoms with Gasteiger partial charge in [0.15, 0.2) is 11.6 Å². The Morgan fingerprint density at radius 1 is 1.21 bits per heavy atom. The zero-order valence-corrected chi connectivity index (χ0v) is 14.4. The maximum absolute atomic E-state index is 5.89. The summed E-state index contributed by atoms with van der Waals surface area (Å²) in [5, 5.41) is 19.7. The normalized spacial score (nSPS) is 12.7. The van der Waals surface area contributed by atoms with Gasteiger partial charge in [-0.3, -0.25) is 0 Å². The molecule has 1 N–H and O–H groups in total. The lowest BCUT2D eigenvalue weighted by Crippen LogP contribution is -2.22. The van der Waals surface area contributed by atoms with E-state index in [0.29, 0.717) is 23.3 Å². The Bertz CT molecular complexity index is 796. The summed E-state index contributed by atoms with van der Waals surface area (Å²) in [5.74, 6) is 1.80. The van der Waals surface area contributed by atoms with Crippen molar-refractivity contribution in [2.45, 2.75) is 39.4 Å². The lowest BCUT2D eigenvalue weighted by Gasteiger charge is -2.11. The molecule has 0 aliphatic heterocycles. The molecule has 2 heterocycles. The van der Waals surface area contributed by atoms with Crippen molar-refractivity contribution in [2.75, 3.05) is 0 Å². The second-order valence-corrected chi connectivity index (χ2v) is 6.14. The minimum absolute atomic E-state index is 0.105. The lowest BCUT2D eigenvalue weighted by atomic mass is 10.2. The fourth-order valence-electron chi connectivity index (χ4n) is 2.19. The Morgan fingerprint density at radius 2 is 1.96 bits per heavy atom. The van der Waals surface area contributed by atoms with Gasteiger partial charge in [0.1, 0.15) is 0 Å². The molecular formula is C15H18ClN7O. The monoisotopic (exact) mass is 347 g/mol. The number of tetrazole rings is 1. The van der Waals surface area contributed by atoms with Crippen LogP contribution in [0.1, 0.15) is 44.5 Å². The molecule has 0 spiro atoms. The van der Waals surface area contributed by atoms with Crippen LogP contribution in [0, 0.1) is 0 Å². The Labute approximate surface area is 144 Å². The summed E-state index contributed by atoms with van der Waals surface area (Å²) in [6, 6.07) is 7.35. The molecule has 8 nitrogen and oxygen atoms in total. The fraction of sp³-hybridized carbons (Fsp3) is 0.400. The molecule has 0 unspecified atom stereocenters. The van der Waals surface area contributed by atoms with Crippen molar-refractivity contribution < 1.29 is 4.52 Å². The van der Waals surface area contributed by atoms with Gasteiger partial charge < -0.3 is 9.84 Å². The van der Waals surface area contributed by atoms with E-state index in [1.165, 1.54) is 0 Å². The Morgan fingerprint density at radius 3 is 2.67 bits per heavy atom. The molecule has 3 aromatic rings. The fourth-order valence-corrected chi connectivity index (χ4v) is 2.31. The largest absolute Gasteiger partial charge is 0.334 e. The zero-order chi connectivity index (χ0) is 17.1. The molecule has 2 aromatic heterocycles. The highest BCUT2D eigenvalue weighted by atomic mass is 35.5. The van der Waals surface area contributed by atoms with Crippen molar-refractivity contribution in [1.29, 1.82) is 0 Å². The van der Waals surface area contributed by atoms with E-state index >= 15 is 0 Å². The first-order valence-electron chi connectivity index (χ1n) is 7.64. The molecule has 126 valence electrons. The molecule has 1 aromatic carbocycles. The van der Waals surface area contributed by atoms with Crippen LogP contribution in [0.4, 0.5) is 0 Å². The second kappa shape index (κ2) is 7.06. The minimum Gasteiger partial charge on any atom is -0.334 e. The summed E-state index contributed by atoms with van der Waals surface area (Å²) in [7, 11) is 0. The molecular weight excluding hydrogens is 330 g/mol. The summed E-state index contributed by atoms with van der Waals surface area (Å²) in [6.07, 6.45) is 0. The van der Waals surface area contributed by atoms with Gasteiger partial charge in [0.05, 0.1) is 18.6 Å². The number of nitrogens with one attached hydrogen (secondary N) is 1. The van der Waals surface area contributed by atoms with Crippen molar-refractivity contribution >= 4 is 11.6 Å². The first kappa shape index (κ1) is 16.5. The highest BCUT2D eigenvalue weighted by Gasteiger charge is 2.16. The van der Waals surface area contributed by atoms with Crippen LogP contribution in [0.15, 0.2) is 28.8 Å². The van der Waals surface area contributed by atoms with Crippen LogP contribution < -0.4 is 5.32 Å². The Balaban J connectivity index is 1.66. The highest BCUT2D eigenvalue weighted by Crippen LogP contribution is 2.21. The van der Waals surface area contributed by atoms with E-state index in [1.807, 2.05) is 32.9 Å². The van der Waals surface area contributed by atoms with Crippen LogP contribution in [0.25, 0.3) is 11.5 Å². The van der Waals surface area contributed by atoms with Gasteiger partial charge in [-0.1, -0.05) is 16.8 Å². The molecule has 24 heavy (non-hydrogen) atoms. The van der Waals surface area contributed by atoms with Gasteiger partial charge in [-0.15, -0.1) is 5.10 Å². The Kier molecular flexibility index (Phi) is 4.86. The molecule has 9 heteroatoms. The summed E-state index contributed by atoms with van der Waals surface area (Å²) in [4.78, 5) is 4.43. The van der Waals surface area contributed by atoms with Gasteiger partial charge >= 0.3 is 0 Å². The van der Waals surface area contributed by atoms with E-state index in [4.69, 9.17) is 16.1 Å². The van der Waals surface area contributed by atoms with Crippen molar-refractivity contribution in [3.05, 3.63) is 40.9 Å². The predicted molar refractivity (Wildman–Crippen MR) is 88.2 cm³/mol. The van der Waals surface area contributed by atoms with Crippen LogP contribution in [0.2, 0.25) is 5.02 Å². The van der Waals surface area contributed by atoms with Gasteiger partial charge in [-0.05, 0) is 55.5 Å². The molecule has 0 saturated carbocycles. The molecule has 1 atom stereocenters. The van der Waals surface area contributed by atoms with Crippen molar-refractivity contribution in [1.82, 2.24) is 35.7 Å². The van der Waals surface area contributed by atoms with Crippen LogP contribution in [-0.2, 0) is 6.54 Å². The topological polar surface area (TPSA) is 94.6 Å². The molecule has 3 rings (SSSR count). The summed E-state index contributed by atoms with van der Waals surface area (Å²) < 4.78 is 7.09. The van der Waals surface area contributed by atoms with E-state index in [-0.39, 0.29) is 12.1 Å². The van der Waals surface area contributed by atoms with Crippen LogP contribution in [-0.4, -0.2) is 30.3 Å². The van der Waals surface area contributed by atoms with Crippen molar-refractivity contribution in [3.8, 4) is 11.5 Å². The van der Waals surface area contributed by atoms with E-state index in [9.17, 15) is 0 Å². The highest BCUT2D eigenvalue weighted by molar-refractivity contribution is 6.30. The van der Waals surface area contributed by atoms with Crippen molar-refractivity contribution in [3.63, 3.8) is 0 Å². The smallest absolute Gasteiger partial charge is 0.257 e. The number of benzene rings is 1.